The predicted octanol–water partition coefficient (Wildman–Crippen LogP) is 6.73. The summed E-state index contributed by atoms with van der Waals surface area (Å²) in [7, 11) is 0. The molecule has 0 aliphatic rings. The summed E-state index contributed by atoms with van der Waals surface area (Å²) in [6, 6.07) is 18.4. The van der Waals surface area contributed by atoms with Crippen molar-refractivity contribution in [3.8, 4) is 29.3 Å². The molecule has 0 aliphatic carbocycles. The maximum Gasteiger partial charge on any atom is 0.0521 e. The van der Waals surface area contributed by atoms with E-state index in [0.717, 1.165) is 0 Å². The van der Waals surface area contributed by atoms with Crippen molar-refractivity contribution in [3.05, 3.63) is 59.3 Å². The molecule has 0 spiro atoms. The topological polar surface area (TPSA) is 0 Å². The van der Waals surface area contributed by atoms with Crippen LogP contribution in [0.15, 0.2) is 53.2 Å². The normalized spacial score (nSPS) is 11.0. The molecule has 0 aromatic carbocycles. The molecule has 20 heavy (non-hydrogen) atoms. The molecule has 0 unspecified atom stereocenters. The van der Waals surface area contributed by atoms with Crippen LogP contribution in [0.4, 0.5) is 0 Å². The molecule has 0 aliphatic heterocycles. The summed E-state index contributed by atoms with van der Waals surface area (Å²) in [6.45, 7) is 0. The highest BCUT2D eigenvalue weighted by Crippen LogP contribution is 2.41. The first kappa shape index (κ1) is 12.5. The lowest BCUT2D eigenvalue weighted by Crippen LogP contribution is -1.58. The van der Waals surface area contributed by atoms with Crippen LogP contribution in [0.2, 0.25) is 0 Å². The van der Waals surface area contributed by atoms with E-state index in [-0.39, 0.29) is 0 Å². The van der Waals surface area contributed by atoms with Gasteiger partial charge in [0.2, 0.25) is 0 Å². The van der Waals surface area contributed by atoms with Crippen LogP contribution in [0.1, 0.15) is 0 Å². The summed E-state index contributed by atoms with van der Waals surface area (Å²) in [6.07, 6.45) is 0. The molecule has 0 saturated carbocycles. The Hall–Kier alpha value is -1.20. The predicted molar refractivity (Wildman–Crippen MR) is 93.1 cm³/mol. The molecule has 0 fully saturated rings. The monoisotopic (exact) mass is 329 g/mol. The van der Waals surface area contributed by atoms with Crippen molar-refractivity contribution in [3.63, 3.8) is 0 Å². The molecular formula is C16H9S4. The van der Waals surface area contributed by atoms with E-state index in [1.54, 1.807) is 22.7 Å². The minimum atomic E-state index is 1.23. The Morgan fingerprint density at radius 1 is 0.650 bits per heavy atom. The molecule has 97 valence electrons. The summed E-state index contributed by atoms with van der Waals surface area (Å²) in [4.78, 5) is 7.94. The van der Waals surface area contributed by atoms with Gasteiger partial charge in [0.15, 0.2) is 0 Å². The smallest absolute Gasteiger partial charge is 0.0521 e. The van der Waals surface area contributed by atoms with Gasteiger partial charge in [0.25, 0.3) is 0 Å². The maximum absolute atomic E-state index is 3.28. The second-order valence-corrected chi connectivity index (χ2v) is 8.23. The summed E-state index contributed by atoms with van der Waals surface area (Å²) < 4.78 is 0. The summed E-state index contributed by atoms with van der Waals surface area (Å²) in [5, 5.41) is 4.21. The van der Waals surface area contributed by atoms with Gasteiger partial charge in [-0.1, -0.05) is 6.07 Å². The number of hydrogen-bond donors (Lipinski definition) is 0. The van der Waals surface area contributed by atoms with E-state index in [4.69, 9.17) is 0 Å². The molecule has 0 amide bonds. The van der Waals surface area contributed by atoms with E-state index in [1.165, 1.54) is 29.3 Å². The minimum Gasteiger partial charge on any atom is -0.143 e. The second kappa shape index (κ2) is 5.30. The van der Waals surface area contributed by atoms with Gasteiger partial charge in [-0.05, 0) is 47.2 Å². The number of thiophene rings is 4. The van der Waals surface area contributed by atoms with Gasteiger partial charge < -0.3 is 0 Å². The first-order valence-electron chi connectivity index (χ1n) is 6.09. The highest BCUT2D eigenvalue weighted by atomic mass is 32.1. The Balaban J connectivity index is 1.68. The minimum absolute atomic E-state index is 1.23. The summed E-state index contributed by atoms with van der Waals surface area (Å²) in [5.74, 6) is 0. The van der Waals surface area contributed by atoms with Gasteiger partial charge in [0, 0.05) is 30.5 Å². The van der Waals surface area contributed by atoms with Crippen molar-refractivity contribution in [1.29, 1.82) is 0 Å². The van der Waals surface area contributed by atoms with Crippen molar-refractivity contribution < 1.29 is 0 Å². The van der Waals surface area contributed by atoms with Crippen LogP contribution in [-0.2, 0) is 0 Å². The van der Waals surface area contributed by atoms with Crippen LogP contribution >= 0.6 is 45.3 Å². The Labute approximate surface area is 133 Å². The average Bonchev–Trinajstić information content (AvgIpc) is 3.22. The van der Waals surface area contributed by atoms with Crippen molar-refractivity contribution in [2.75, 3.05) is 0 Å². The first-order valence-corrected chi connectivity index (χ1v) is 9.49. The van der Waals surface area contributed by atoms with Gasteiger partial charge >= 0.3 is 0 Å². The second-order valence-electron chi connectivity index (χ2n) is 4.20. The molecule has 0 atom stereocenters. The Kier molecular flexibility index (Phi) is 3.32. The Morgan fingerprint density at radius 2 is 1.35 bits per heavy atom. The van der Waals surface area contributed by atoms with Crippen molar-refractivity contribution in [1.82, 2.24) is 0 Å². The van der Waals surface area contributed by atoms with Gasteiger partial charge in [-0.25, -0.2) is 0 Å². The number of hydrogen-bond acceptors (Lipinski definition) is 4. The molecule has 0 saturated heterocycles. The van der Waals surface area contributed by atoms with Gasteiger partial charge in [0.05, 0.1) is 4.88 Å². The Bertz CT molecular complexity index is 730. The van der Waals surface area contributed by atoms with Gasteiger partial charge in [-0.2, -0.15) is 0 Å². The standard InChI is InChI=1S/C16H9S4/c1-3-11(17-9-1)13-5-7-15(19-13)16-8-6-14(20-16)12-4-2-10-18-12/h1-3,5-10H. The zero-order valence-corrected chi connectivity index (χ0v) is 13.6. The van der Waals surface area contributed by atoms with E-state index >= 15 is 0 Å². The third kappa shape index (κ3) is 2.29. The maximum atomic E-state index is 3.28. The molecule has 4 rings (SSSR count). The molecule has 4 heterocycles. The third-order valence-electron chi connectivity index (χ3n) is 2.91. The van der Waals surface area contributed by atoms with Crippen LogP contribution in [-0.4, -0.2) is 0 Å². The third-order valence-corrected chi connectivity index (χ3v) is 7.34. The highest BCUT2D eigenvalue weighted by Gasteiger charge is 2.09. The SMILES string of the molecule is [c]1ccsc1-c1ccc(-c2ccc(-c3cccs3)s2)s1. The molecule has 1 radical (unpaired) electrons. The highest BCUT2D eigenvalue weighted by molar-refractivity contribution is 7.28. The summed E-state index contributed by atoms with van der Waals surface area (Å²) in [5.41, 5.74) is 0. The van der Waals surface area contributed by atoms with E-state index in [1.807, 2.05) is 28.7 Å². The van der Waals surface area contributed by atoms with Crippen LogP contribution in [0, 0.1) is 6.07 Å². The lowest BCUT2D eigenvalue weighted by molar-refractivity contribution is 1.89. The molecular weight excluding hydrogens is 320 g/mol. The quantitative estimate of drug-likeness (QED) is 0.391. The number of rotatable bonds is 3. The van der Waals surface area contributed by atoms with Gasteiger partial charge in [-0.15, -0.1) is 45.3 Å². The van der Waals surface area contributed by atoms with Crippen LogP contribution in [0.3, 0.4) is 0 Å². The summed E-state index contributed by atoms with van der Waals surface area (Å²) >= 11 is 7.26. The van der Waals surface area contributed by atoms with Crippen molar-refractivity contribution in [2.24, 2.45) is 0 Å². The lowest BCUT2D eigenvalue weighted by atomic mass is 10.3. The Morgan fingerprint density at radius 3 is 2.00 bits per heavy atom. The van der Waals surface area contributed by atoms with Crippen molar-refractivity contribution in [2.45, 2.75) is 0 Å². The van der Waals surface area contributed by atoms with Crippen molar-refractivity contribution >= 4 is 45.3 Å². The molecule has 0 bridgehead atoms. The lowest BCUT2D eigenvalue weighted by Gasteiger charge is -1.91. The zero-order chi connectivity index (χ0) is 13.4. The van der Waals surface area contributed by atoms with E-state index in [2.05, 4.69) is 53.2 Å². The van der Waals surface area contributed by atoms with E-state index < -0.39 is 0 Å². The van der Waals surface area contributed by atoms with Crippen LogP contribution in [0.25, 0.3) is 29.3 Å². The van der Waals surface area contributed by atoms with E-state index in [0.29, 0.717) is 0 Å². The fourth-order valence-corrected chi connectivity index (χ4v) is 5.69. The fourth-order valence-electron chi connectivity index (χ4n) is 1.99. The van der Waals surface area contributed by atoms with Crippen LogP contribution < -0.4 is 0 Å². The average molecular weight is 330 g/mol. The van der Waals surface area contributed by atoms with Gasteiger partial charge in [0.1, 0.15) is 0 Å². The first-order chi connectivity index (χ1) is 9.90. The van der Waals surface area contributed by atoms with E-state index in [9.17, 15) is 0 Å². The van der Waals surface area contributed by atoms with Crippen LogP contribution in [0.5, 0.6) is 0 Å². The zero-order valence-electron chi connectivity index (χ0n) is 10.3. The molecule has 4 aromatic rings. The molecule has 0 N–H and O–H groups in total. The largest absolute Gasteiger partial charge is 0.143 e. The molecule has 0 nitrogen and oxygen atoms in total. The fraction of sp³-hybridized carbons (Fsp3) is 0. The molecule has 4 heteroatoms. The van der Waals surface area contributed by atoms with Gasteiger partial charge in [-0.3, -0.25) is 0 Å². The molecule has 4 aromatic heterocycles.